The van der Waals surface area contributed by atoms with Crippen LogP contribution in [0.15, 0.2) is 0 Å². The Morgan fingerprint density at radius 1 is 1.45 bits per heavy atom. The predicted octanol–water partition coefficient (Wildman–Crippen LogP) is -0.709. The normalized spacial score (nSPS) is 37.2. The molecule has 0 radical (unpaired) electrons. The van der Waals surface area contributed by atoms with Gasteiger partial charge in [-0.25, -0.2) is 0 Å². The van der Waals surface area contributed by atoms with E-state index >= 15 is 0 Å². The average molecular weight is 160 g/mol. The molecule has 0 aromatic rings. The fourth-order valence-corrected chi connectivity index (χ4v) is 1.37. The summed E-state index contributed by atoms with van der Waals surface area (Å²) in [4.78, 5) is 10.9. The van der Waals surface area contributed by atoms with Crippen molar-refractivity contribution in [2.24, 2.45) is 5.92 Å². The molecule has 0 aromatic carbocycles. The highest BCUT2D eigenvalue weighted by atomic mass is 16.5. The third-order valence-electron chi connectivity index (χ3n) is 2.08. The molecule has 11 heavy (non-hydrogen) atoms. The zero-order chi connectivity index (χ0) is 8.43. The van der Waals surface area contributed by atoms with Gasteiger partial charge in [0.2, 0.25) is 0 Å². The summed E-state index contributed by atoms with van der Waals surface area (Å²) in [6, 6.07) is 0. The number of carbonyl (C=O) groups is 1. The number of esters is 1. The number of ether oxygens (including phenoxy) is 1. The van der Waals surface area contributed by atoms with Gasteiger partial charge in [-0.05, 0) is 12.8 Å². The maximum Gasteiger partial charge on any atom is 0.311 e. The summed E-state index contributed by atoms with van der Waals surface area (Å²) < 4.78 is 4.44. The van der Waals surface area contributed by atoms with Gasteiger partial charge in [0.25, 0.3) is 0 Å². The topological polar surface area (TPSA) is 66.8 Å². The Kier molecular flexibility index (Phi) is 2.46. The molecular formula is C7H12O4. The SMILES string of the molecule is COC(=O)[C@@H]1CC[C@H](O)[C@H]1O. The highest BCUT2D eigenvalue weighted by molar-refractivity contribution is 5.73. The predicted molar refractivity (Wildman–Crippen MR) is 36.8 cm³/mol. The molecule has 1 fully saturated rings. The Labute approximate surface area is 64.8 Å². The molecule has 0 amide bonds. The van der Waals surface area contributed by atoms with Gasteiger partial charge in [0.05, 0.1) is 25.2 Å². The molecule has 1 saturated carbocycles. The van der Waals surface area contributed by atoms with E-state index in [0.717, 1.165) is 0 Å². The zero-order valence-corrected chi connectivity index (χ0v) is 6.36. The van der Waals surface area contributed by atoms with Gasteiger partial charge in [-0.15, -0.1) is 0 Å². The number of hydrogen-bond acceptors (Lipinski definition) is 4. The standard InChI is InChI=1S/C7H12O4/c1-11-7(10)4-2-3-5(8)6(4)9/h4-6,8-9H,2-3H2,1H3/t4-,5+,6+/m1/s1. The molecule has 1 aliphatic carbocycles. The van der Waals surface area contributed by atoms with Crippen molar-refractivity contribution in [2.45, 2.75) is 25.0 Å². The molecule has 1 rings (SSSR count). The minimum Gasteiger partial charge on any atom is -0.469 e. The van der Waals surface area contributed by atoms with E-state index in [1.165, 1.54) is 7.11 Å². The van der Waals surface area contributed by atoms with Gasteiger partial charge in [0.1, 0.15) is 0 Å². The van der Waals surface area contributed by atoms with Crippen LogP contribution in [0.1, 0.15) is 12.8 Å². The summed E-state index contributed by atoms with van der Waals surface area (Å²) in [6.45, 7) is 0. The first-order valence-corrected chi connectivity index (χ1v) is 3.60. The van der Waals surface area contributed by atoms with Crippen molar-refractivity contribution in [3.8, 4) is 0 Å². The van der Waals surface area contributed by atoms with E-state index in [0.29, 0.717) is 12.8 Å². The van der Waals surface area contributed by atoms with Gasteiger partial charge in [0.15, 0.2) is 0 Å². The van der Waals surface area contributed by atoms with Crippen LogP contribution in [-0.4, -0.2) is 35.5 Å². The van der Waals surface area contributed by atoms with Gasteiger partial charge in [-0.2, -0.15) is 0 Å². The molecule has 3 atom stereocenters. The van der Waals surface area contributed by atoms with Crippen LogP contribution in [0.3, 0.4) is 0 Å². The van der Waals surface area contributed by atoms with Crippen molar-refractivity contribution >= 4 is 5.97 Å². The van der Waals surface area contributed by atoms with Crippen LogP contribution < -0.4 is 0 Å². The molecule has 0 aromatic heterocycles. The number of methoxy groups -OCH3 is 1. The van der Waals surface area contributed by atoms with Crippen LogP contribution in [-0.2, 0) is 9.53 Å². The van der Waals surface area contributed by atoms with Gasteiger partial charge in [0, 0.05) is 0 Å². The van der Waals surface area contributed by atoms with E-state index in [1.807, 2.05) is 0 Å². The molecular weight excluding hydrogens is 148 g/mol. The molecule has 0 aliphatic heterocycles. The highest BCUT2D eigenvalue weighted by Gasteiger charge is 2.38. The van der Waals surface area contributed by atoms with Crippen LogP contribution >= 0.6 is 0 Å². The van der Waals surface area contributed by atoms with Crippen molar-refractivity contribution < 1.29 is 19.7 Å². The lowest BCUT2D eigenvalue weighted by Crippen LogP contribution is -2.30. The maximum atomic E-state index is 10.9. The van der Waals surface area contributed by atoms with Crippen molar-refractivity contribution in [3.05, 3.63) is 0 Å². The van der Waals surface area contributed by atoms with Gasteiger partial charge in [-0.1, -0.05) is 0 Å². The third-order valence-corrected chi connectivity index (χ3v) is 2.08. The summed E-state index contributed by atoms with van der Waals surface area (Å²) in [5.41, 5.74) is 0. The minimum absolute atomic E-state index is 0.436. The second-order valence-corrected chi connectivity index (χ2v) is 2.76. The van der Waals surface area contributed by atoms with E-state index in [4.69, 9.17) is 5.11 Å². The second kappa shape index (κ2) is 3.19. The molecule has 2 N–H and O–H groups in total. The van der Waals surface area contributed by atoms with E-state index < -0.39 is 24.1 Å². The lowest BCUT2D eigenvalue weighted by molar-refractivity contribution is -0.149. The summed E-state index contributed by atoms with van der Waals surface area (Å²) >= 11 is 0. The second-order valence-electron chi connectivity index (χ2n) is 2.76. The Balaban J connectivity index is 2.54. The minimum atomic E-state index is -0.942. The lowest BCUT2D eigenvalue weighted by atomic mass is 10.1. The van der Waals surface area contributed by atoms with Crippen molar-refractivity contribution in [3.63, 3.8) is 0 Å². The molecule has 0 bridgehead atoms. The summed E-state index contributed by atoms with van der Waals surface area (Å²) in [5.74, 6) is -0.968. The van der Waals surface area contributed by atoms with Gasteiger partial charge < -0.3 is 14.9 Å². The molecule has 4 nitrogen and oxygen atoms in total. The first-order valence-electron chi connectivity index (χ1n) is 3.60. The van der Waals surface area contributed by atoms with E-state index in [9.17, 15) is 9.90 Å². The van der Waals surface area contributed by atoms with Crippen LogP contribution in [0.25, 0.3) is 0 Å². The number of hydrogen-bond donors (Lipinski definition) is 2. The largest absolute Gasteiger partial charge is 0.469 e. The summed E-state index contributed by atoms with van der Waals surface area (Å²) in [6.07, 6.45) is -0.725. The highest BCUT2D eigenvalue weighted by Crippen LogP contribution is 2.26. The molecule has 1 aliphatic rings. The molecule has 0 heterocycles. The molecule has 64 valence electrons. The van der Waals surface area contributed by atoms with Gasteiger partial charge >= 0.3 is 5.97 Å². The van der Waals surface area contributed by atoms with Gasteiger partial charge in [-0.3, -0.25) is 4.79 Å². The fourth-order valence-electron chi connectivity index (χ4n) is 1.37. The molecule has 0 spiro atoms. The Morgan fingerprint density at radius 2 is 2.09 bits per heavy atom. The monoisotopic (exact) mass is 160 g/mol. The quantitative estimate of drug-likeness (QED) is 0.497. The number of aliphatic hydroxyl groups is 2. The number of aliphatic hydroxyl groups excluding tert-OH is 2. The Hall–Kier alpha value is -0.610. The maximum absolute atomic E-state index is 10.9. The van der Waals surface area contributed by atoms with E-state index in [1.54, 1.807) is 0 Å². The first kappa shape index (κ1) is 8.49. The lowest BCUT2D eigenvalue weighted by Gasteiger charge is -2.13. The third kappa shape index (κ3) is 1.52. The average Bonchev–Trinajstić information content (AvgIpc) is 2.32. The number of rotatable bonds is 1. The van der Waals surface area contributed by atoms with E-state index in [-0.39, 0.29) is 0 Å². The first-order chi connectivity index (χ1) is 5.16. The number of carbonyl (C=O) groups excluding carboxylic acids is 1. The Morgan fingerprint density at radius 3 is 2.45 bits per heavy atom. The van der Waals surface area contributed by atoms with Crippen LogP contribution in [0.5, 0.6) is 0 Å². The van der Waals surface area contributed by atoms with Crippen LogP contribution in [0.2, 0.25) is 0 Å². The summed E-state index contributed by atoms with van der Waals surface area (Å²) in [5, 5.41) is 18.3. The molecule has 0 saturated heterocycles. The smallest absolute Gasteiger partial charge is 0.311 e. The van der Waals surface area contributed by atoms with Crippen LogP contribution in [0, 0.1) is 5.92 Å². The summed E-state index contributed by atoms with van der Waals surface area (Å²) in [7, 11) is 1.28. The molecule has 4 heteroatoms. The molecule has 0 unspecified atom stereocenters. The van der Waals surface area contributed by atoms with Crippen molar-refractivity contribution in [2.75, 3.05) is 7.11 Å². The van der Waals surface area contributed by atoms with Crippen molar-refractivity contribution in [1.82, 2.24) is 0 Å². The fraction of sp³-hybridized carbons (Fsp3) is 0.857. The Bertz CT molecular complexity index is 157. The van der Waals surface area contributed by atoms with Crippen LogP contribution in [0.4, 0.5) is 0 Å². The van der Waals surface area contributed by atoms with E-state index in [2.05, 4.69) is 4.74 Å². The van der Waals surface area contributed by atoms with Crippen molar-refractivity contribution in [1.29, 1.82) is 0 Å². The zero-order valence-electron chi connectivity index (χ0n) is 6.36.